The Kier molecular flexibility index (Phi) is 2.57. The molecule has 0 radical (unpaired) electrons. The highest BCUT2D eigenvalue weighted by Crippen LogP contribution is 2.25. The number of thiazole rings is 1. The maximum Gasteiger partial charge on any atom is 0.221 e. The number of nitrogen functional groups attached to an aromatic ring is 1. The van der Waals surface area contributed by atoms with Gasteiger partial charge in [0.05, 0.1) is 10.2 Å². The highest BCUT2D eigenvalue weighted by atomic mass is 32.1. The fourth-order valence-corrected chi connectivity index (χ4v) is 2.73. The quantitative estimate of drug-likeness (QED) is 0.564. The van der Waals surface area contributed by atoms with Crippen LogP contribution in [0.3, 0.4) is 0 Å². The van der Waals surface area contributed by atoms with E-state index >= 15 is 0 Å². The molecule has 0 saturated carbocycles. The Labute approximate surface area is 108 Å². The van der Waals surface area contributed by atoms with Crippen molar-refractivity contribution < 1.29 is 4.79 Å². The van der Waals surface area contributed by atoms with Crippen molar-refractivity contribution in [3.8, 4) is 0 Å². The zero-order valence-electron chi connectivity index (χ0n) is 9.46. The maximum absolute atomic E-state index is 12.2. The van der Waals surface area contributed by atoms with Gasteiger partial charge in [0.25, 0.3) is 0 Å². The first-order valence-electron chi connectivity index (χ1n) is 5.50. The monoisotopic (exact) mass is 254 g/mol. The molecule has 0 unspecified atom stereocenters. The Morgan fingerprint density at radius 2 is 1.89 bits per heavy atom. The Morgan fingerprint density at radius 1 is 1.11 bits per heavy atom. The van der Waals surface area contributed by atoms with E-state index in [0.29, 0.717) is 16.3 Å². The van der Waals surface area contributed by atoms with Crippen molar-refractivity contribution in [1.82, 2.24) is 4.98 Å². The first-order valence-corrected chi connectivity index (χ1v) is 6.31. The molecule has 3 rings (SSSR count). The highest BCUT2D eigenvalue weighted by Gasteiger charge is 2.13. The molecule has 0 saturated heterocycles. The van der Waals surface area contributed by atoms with Crippen molar-refractivity contribution in [2.24, 2.45) is 0 Å². The SMILES string of the molecule is Nc1ccc2nc(C(=O)c3ccccc3)sc2c1. The van der Waals surface area contributed by atoms with Crippen LogP contribution < -0.4 is 5.73 Å². The molecule has 0 spiro atoms. The smallest absolute Gasteiger partial charge is 0.221 e. The van der Waals surface area contributed by atoms with E-state index in [1.165, 1.54) is 11.3 Å². The number of rotatable bonds is 2. The number of ketones is 1. The van der Waals surface area contributed by atoms with Crippen LogP contribution in [0.15, 0.2) is 48.5 Å². The standard InChI is InChI=1S/C14H10N2OS/c15-10-6-7-11-12(8-10)18-14(16-11)13(17)9-4-2-1-3-5-9/h1-8H,15H2. The Hall–Kier alpha value is -2.20. The lowest BCUT2D eigenvalue weighted by atomic mass is 10.1. The fourth-order valence-electron chi connectivity index (χ4n) is 1.75. The molecule has 0 bridgehead atoms. The van der Waals surface area contributed by atoms with Gasteiger partial charge in [0.2, 0.25) is 5.78 Å². The minimum absolute atomic E-state index is 0.0460. The van der Waals surface area contributed by atoms with Crippen molar-refractivity contribution in [1.29, 1.82) is 0 Å². The molecular formula is C14H10N2OS. The molecule has 0 aliphatic carbocycles. The lowest BCUT2D eigenvalue weighted by Gasteiger charge is -1.94. The lowest BCUT2D eigenvalue weighted by Crippen LogP contribution is -1.99. The summed E-state index contributed by atoms with van der Waals surface area (Å²) in [6.45, 7) is 0. The fraction of sp³-hybridized carbons (Fsp3) is 0. The van der Waals surface area contributed by atoms with Crippen LogP contribution in [0.25, 0.3) is 10.2 Å². The van der Waals surface area contributed by atoms with Crippen molar-refractivity contribution >= 4 is 33.0 Å². The summed E-state index contributed by atoms with van der Waals surface area (Å²) in [5.41, 5.74) is 7.87. The van der Waals surface area contributed by atoms with Gasteiger partial charge in [-0.3, -0.25) is 4.79 Å². The molecule has 2 N–H and O–H groups in total. The molecule has 3 nitrogen and oxygen atoms in total. The van der Waals surface area contributed by atoms with Crippen molar-refractivity contribution in [2.45, 2.75) is 0 Å². The number of hydrogen-bond acceptors (Lipinski definition) is 4. The number of nitrogens with zero attached hydrogens (tertiary/aromatic N) is 1. The van der Waals surface area contributed by atoms with Gasteiger partial charge in [0.15, 0.2) is 5.01 Å². The number of nitrogens with two attached hydrogens (primary N) is 1. The molecule has 1 heterocycles. The largest absolute Gasteiger partial charge is 0.399 e. The Balaban J connectivity index is 2.07. The molecule has 3 aromatic rings. The minimum Gasteiger partial charge on any atom is -0.399 e. The topological polar surface area (TPSA) is 56.0 Å². The molecule has 0 aliphatic heterocycles. The van der Waals surface area contributed by atoms with Crippen molar-refractivity contribution in [3.05, 3.63) is 59.1 Å². The second-order valence-corrected chi connectivity index (χ2v) is 4.97. The number of hydrogen-bond donors (Lipinski definition) is 1. The van der Waals surface area contributed by atoms with E-state index < -0.39 is 0 Å². The zero-order chi connectivity index (χ0) is 12.5. The van der Waals surface area contributed by atoms with Crippen LogP contribution in [0.1, 0.15) is 15.4 Å². The zero-order valence-corrected chi connectivity index (χ0v) is 10.3. The van der Waals surface area contributed by atoms with Gasteiger partial charge in [-0.2, -0.15) is 0 Å². The Bertz CT molecular complexity index is 719. The predicted molar refractivity (Wildman–Crippen MR) is 73.9 cm³/mol. The van der Waals surface area contributed by atoms with Gasteiger partial charge in [-0.25, -0.2) is 4.98 Å². The van der Waals surface area contributed by atoms with E-state index in [9.17, 15) is 4.79 Å². The number of carbonyl (C=O) groups is 1. The minimum atomic E-state index is -0.0460. The second-order valence-electron chi connectivity index (χ2n) is 3.94. The summed E-state index contributed by atoms with van der Waals surface area (Å²) in [6, 6.07) is 14.6. The van der Waals surface area contributed by atoms with Crippen molar-refractivity contribution in [2.75, 3.05) is 5.73 Å². The van der Waals surface area contributed by atoms with Crippen molar-refractivity contribution in [3.63, 3.8) is 0 Å². The van der Waals surface area contributed by atoms with Gasteiger partial charge >= 0.3 is 0 Å². The summed E-state index contributed by atoms with van der Waals surface area (Å²) in [7, 11) is 0. The van der Waals surface area contributed by atoms with Gasteiger partial charge in [-0.1, -0.05) is 30.3 Å². The highest BCUT2D eigenvalue weighted by molar-refractivity contribution is 7.20. The third kappa shape index (κ3) is 1.87. The summed E-state index contributed by atoms with van der Waals surface area (Å²) in [5.74, 6) is -0.0460. The van der Waals surface area contributed by atoms with Crippen LogP contribution in [0.2, 0.25) is 0 Å². The third-order valence-electron chi connectivity index (χ3n) is 2.64. The van der Waals surface area contributed by atoms with Crippen LogP contribution in [-0.2, 0) is 0 Å². The van der Waals surface area contributed by atoms with E-state index in [0.717, 1.165) is 10.2 Å². The summed E-state index contributed by atoms with van der Waals surface area (Å²) in [5, 5.41) is 0.502. The molecule has 0 fully saturated rings. The van der Waals surface area contributed by atoms with Gasteiger partial charge in [-0.05, 0) is 18.2 Å². The van der Waals surface area contributed by atoms with Crippen LogP contribution in [-0.4, -0.2) is 10.8 Å². The number of fused-ring (bicyclic) bond motifs is 1. The third-order valence-corrected chi connectivity index (χ3v) is 3.66. The number of benzene rings is 2. The first kappa shape index (κ1) is 10.9. The molecule has 0 amide bonds. The molecule has 4 heteroatoms. The summed E-state index contributed by atoms with van der Waals surface area (Å²) >= 11 is 1.37. The van der Waals surface area contributed by atoms with Crippen LogP contribution in [0.4, 0.5) is 5.69 Å². The molecular weight excluding hydrogens is 244 g/mol. The molecule has 2 aromatic carbocycles. The molecule has 1 aromatic heterocycles. The van der Waals surface area contributed by atoms with Crippen LogP contribution in [0, 0.1) is 0 Å². The summed E-state index contributed by atoms with van der Waals surface area (Å²) in [4.78, 5) is 16.6. The molecule has 88 valence electrons. The number of carbonyl (C=O) groups excluding carboxylic acids is 1. The molecule has 0 atom stereocenters. The van der Waals surface area contributed by atoms with Gasteiger partial charge in [0.1, 0.15) is 0 Å². The van der Waals surface area contributed by atoms with E-state index in [4.69, 9.17) is 5.73 Å². The molecule has 0 aliphatic rings. The van der Waals surface area contributed by atoms with E-state index in [-0.39, 0.29) is 5.78 Å². The van der Waals surface area contributed by atoms with E-state index in [2.05, 4.69) is 4.98 Å². The van der Waals surface area contributed by atoms with E-state index in [1.54, 1.807) is 18.2 Å². The summed E-state index contributed by atoms with van der Waals surface area (Å²) < 4.78 is 0.939. The average molecular weight is 254 g/mol. The summed E-state index contributed by atoms with van der Waals surface area (Å²) in [6.07, 6.45) is 0. The number of anilines is 1. The molecule has 18 heavy (non-hydrogen) atoms. The predicted octanol–water partition coefficient (Wildman–Crippen LogP) is 3.11. The second kappa shape index (κ2) is 4.23. The lowest BCUT2D eigenvalue weighted by molar-refractivity contribution is 0.103. The Morgan fingerprint density at radius 3 is 2.67 bits per heavy atom. The van der Waals surface area contributed by atoms with Crippen LogP contribution >= 0.6 is 11.3 Å². The van der Waals surface area contributed by atoms with Crippen LogP contribution in [0.5, 0.6) is 0 Å². The van der Waals surface area contributed by atoms with E-state index in [1.807, 2.05) is 30.3 Å². The number of aromatic nitrogens is 1. The van der Waals surface area contributed by atoms with Gasteiger partial charge < -0.3 is 5.73 Å². The average Bonchev–Trinajstić information content (AvgIpc) is 2.81. The normalized spacial score (nSPS) is 10.7. The van der Waals surface area contributed by atoms with Gasteiger partial charge in [0, 0.05) is 11.3 Å². The van der Waals surface area contributed by atoms with Gasteiger partial charge in [-0.15, -0.1) is 11.3 Å². The maximum atomic E-state index is 12.2. The first-order chi connectivity index (χ1) is 8.74.